The molecule has 9 heteroatoms. The molecule has 3 nitrogen and oxygen atoms in total. The molecule has 0 atom stereocenters. The van der Waals surface area contributed by atoms with Crippen LogP contribution in [-0.4, -0.2) is 36.1 Å². The molecule has 2 aromatic carbocycles. The lowest BCUT2D eigenvalue weighted by molar-refractivity contribution is -0.143. The monoisotopic (exact) mass is 441 g/mol. The molecule has 0 aliphatic rings. The van der Waals surface area contributed by atoms with Gasteiger partial charge in [-0.15, -0.1) is 0 Å². The van der Waals surface area contributed by atoms with Crippen molar-refractivity contribution in [3.63, 3.8) is 0 Å². The molecule has 31 heavy (non-hydrogen) atoms. The molecule has 0 saturated heterocycles. The summed E-state index contributed by atoms with van der Waals surface area (Å²) in [4.78, 5) is 12.2. The van der Waals surface area contributed by atoms with Crippen LogP contribution in [0.2, 0.25) is 0 Å². The van der Waals surface area contributed by atoms with Gasteiger partial charge in [0.1, 0.15) is 0 Å². The maximum atomic E-state index is 13.0. The van der Waals surface area contributed by atoms with Crippen molar-refractivity contribution in [3.05, 3.63) is 76.9 Å². The fourth-order valence-corrected chi connectivity index (χ4v) is 2.57. The largest absolute Gasteiger partial charge is 0.480 e. The molecule has 0 aromatic heterocycles. The van der Waals surface area contributed by atoms with Gasteiger partial charge in [0.05, 0.1) is 17.7 Å². The summed E-state index contributed by atoms with van der Waals surface area (Å²) in [6.07, 6.45) is -8.37. The first kappa shape index (κ1) is 24.0. The quantitative estimate of drug-likeness (QED) is 0.514. The highest BCUT2D eigenvalue weighted by Gasteiger charge is 2.36. The molecule has 0 aliphatic heterocycles. The molecule has 164 valence electrons. The van der Waals surface area contributed by atoms with E-state index in [0.29, 0.717) is 23.3 Å². The Balaban J connectivity index is 2.49. The highest BCUT2D eigenvalue weighted by atomic mass is 19.4. The zero-order valence-corrected chi connectivity index (χ0v) is 16.2. The van der Waals surface area contributed by atoms with Crippen molar-refractivity contribution in [2.75, 3.05) is 20.1 Å². The number of likely N-dealkylation sites (N-methyl/N-ethyl adjacent to an activating group) is 1. The van der Waals surface area contributed by atoms with E-state index in [1.807, 2.05) is 0 Å². The fraction of sp³-hybridized carbons (Fsp3) is 0.227. The lowest BCUT2D eigenvalue weighted by atomic mass is 10.0. The summed E-state index contributed by atoms with van der Waals surface area (Å²) in [7, 11) is 1.54. The number of carbonyl (C=O) groups is 1. The number of hydrogen-bond acceptors (Lipinski definition) is 2. The summed E-state index contributed by atoms with van der Waals surface area (Å²) < 4.78 is 78.2. The van der Waals surface area contributed by atoms with Crippen LogP contribution in [0.25, 0.3) is 5.57 Å². The minimum absolute atomic E-state index is 0.0417. The zero-order chi connectivity index (χ0) is 23.2. The van der Waals surface area contributed by atoms with Crippen molar-refractivity contribution in [1.29, 1.82) is 0 Å². The lowest BCUT2D eigenvalue weighted by Gasteiger charge is -2.12. The molecular formula is C22H17F6NO2. The van der Waals surface area contributed by atoms with Gasteiger partial charge in [-0.3, -0.25) is 9.69 Å². The van der Waals surface area contributed by atoms with E-state index in [2.05, 4.69) is 11.8 Å². The van der Waals surface area contributed by atoms with Gasteiger partial charge in [-0.2, -0.15) is 26.3 Å². The second-order valence-corrected chi connectivity index (χ2v) is 6.62. The number of benzene rings is 2. The van der Waals surface area contributed by atoms with Crippen molar-refractivity contribution >= 4 is 11.5 Å². The first-order valence-electron chi connectivity index (χ1n) is 8.83. The van der Waals surface area contributed by atoms with E-state index >= 15 is 0 Å². The minimum atomic E-state index is -4.96. The molecule has 1 N–H and O–H groups in total. The van der Waals surface area contributed by atoms with Gasteiger partial charge in [0, 0.05) is 17.7 Å². The van der Waals surface area contributed by atoms with Gasteiger partial charge < -0.3 is 5.11 Å². The summed E-state index contributed by atoms with van der Waals surface area (Å²) in [6.45, 7) is -0.101. The third-order valence-corrected chi connectivity index (χ3v) is 4.03. The third-order valence-electron chi connectivity index (χ3n) is 4.03. The van der Waals surface area contributed by atoms with Crippen molar-refractivity contribution in [2.24, 2.45) is 0 Å². The zero-order valence-electron chi connectivity index (χ0n) is 16.2. The number of aliphatic carboxylic acids is 1. The van der Waals surface area contributed by atoms with Crippen molar-refractivity contribution in [3.8, 4) is 11.8 Å². The van der Waals surface area contributed by atoms with E-state index in [-0.39, 0.29) is 19.2 Å². The Morgan fingerprint density at radius 2 is 1.55 bits per heavy atom. The number of alkyl halides is 6. The van der Waals surface area contributed by atoms with Gasteiger partial charge in [0.15, 0.2) is 0 Å². The summed E-state index contributed by atoms with van der Waals surface area (Å²) in [5.74, 6) is 3.95. The Bertz CT molecular complexity index is 982. The first-order valence-corrected chi connectivity index (χ1v) is 8.83. The van der Waals surface area contributed by atoms with E-state index in [1.165, 1.54) is 4.90 Å². The topological polar surface area (TPSA) is 40.5 Å². The van der Waals surface area contributed by atoms with Crippen LogP contribution >= 0.6 is 0 Å². The Hall–Kier alpha value is -3.25. The highest BCUT2D eigenvalue weighted by Crippen LogP contribution is 2.36. The molecule has 0 saturated carbocycles. The number of hydrogen-bond donors (Lipinski definition) is 1. The molecule has 0 fully saturated rings. The van der Waals surface area contributed by atoms with Crippen LogP contribution in [0.4, 0.5) is 26.3 Å². The van der Waals surface area contributed by atoms with Crippen LogP contribution in [-0.2, 0) is 17.1 Å². The van der Waals surface area contributed by atoms with Crippen LogP contribution in [0.5, 0.6) is 0 Å². The Labute approximate surface area is 174 Å². The van der Waals surface area contributed by atoms with Crippen molar-refractivity contribution < 1.29 is 36.2 Å². The van der Waals surface area contributed by atoms with E-state index < -0.39 is 35.0 Å². The van der Waals surface area contributed by atoms with E-state index in [1.54, 1.807) is 43.5 Å². The molecule has 0 unspecified atom stereocenters. The smallest absolute Gasteiger partial charge is 0.416 e. The average molecular weight is 441 g/mol. The maximum Gasteiger partial charge on any atom is 0.416 e. The summed E-state index contributed by atoms with van der Waals surface area (Å²) in [5.41, 5.74) is -2.41. The Kier molecular flexibility index (Phi) is 7.52. The number of rotatable bonds is 5. The Morgan fingerprint density at radius 3 is 2.03 bits per heavy atom. The molecule has 2 rings (SSSR count). The highest BCUT2D eigenvalue weighted by molar-refractivity contribution is 5.80. The fourth-order valence-electron chi connectivity index (χ4n) is 2.57. The number of nitrogens with zero attached hydrogens (tertiary/aromatic N) is 1. The van der Waals surface area contributed by atoms with E-state index in [9.17, 15) is 31.1 Å². The molecule has 0 amide bonds. The third kappa shape index (κ3) is 7.50. The summed E-state index contributed by atoms with van der Waals surface area (Å²) in [6, 6.07) is 9.61. The standard InChI is InChI=1S/C22H17F6NO2/c1-29(14-20(30)31)10-9-17(16-5-3-2-4-6-16)8-7-15-11-18(21(23,24)25)13-19(12-15)22(26,27)28/h2-6,9,11-13H,10,14H2,1H3,(H,30,31)/b17-9-. The van der Waals surface area contributed by atoms with Crippen LogP contribution in [0.3, 0.4) is 0 Å². The van der Waals surface area contributed by atoms with Gasteiger partial charge in [-0.25, -0.2) is 0 Å². The van der Waals surface area contributed by atoms with Crippen molar-refractivity contribution in [2.45, 2.75) is 12.4 Å². The number of carboxylic acid groups (broad SMARTS) is 1. The molecular weight excluding hydrogens is 424 g/mol. The predicted octanol–water partition coefficient (Wildman–Crippen LogP) is 5.18. The predicted molar refractivity (Wildman–Crippen MR) is 103 cm³/mol. The van der Waals surface area contributed by atoms with E-state index in [4.69, 9.17) is 5.11 Å². The minimum Gasteiger partial charge on any atom is -0.480 e. The molecule has 2 aromatic rings. The van der Waals surface area contributed by atoms with Crippen LogP contribution in [0.1, 0.15) is 22.3 Å². The number of carboxylic acids is 1. The molecule has 0 radical (unpaired) electrons. The molecule has 0 heterocycles. The van der Waals surface area contributed by atoms with Gasteiger partial charge in [-0.05, 0) is 30.8 Å². The summed E-state index contributed by atoms with van der Waals surface area (Å²) in [5, 5.41) is 8.83. The number of allylic oxidation sites excluding steroid dienone is 1. The Morgan fingerprint density at radius 1 is 1.00 bits per heavy atom. The molecule has 0 bridgehead atoms. The van der Waals surface area contributed by atoms with E-state index in [0.717, 1.165) is 0 Å². The number of halogens is 6. The van der Waals surface area contributed by atoms with Crippen LogP contribution in [0.15, 0.2) is 54.6 Å². The van der Waals surface area contributed by atoms with Gasteiger partial charge >= 0.3 is 18.3 Å². The lowest BCUT2D eigenvalue weighted by Crippen LogP contribution is -2.25. The van der Waals surface area contributed by atoms with Gasteiger partial charge in [-0.1, -0.05) is 48.2 Å². The van der Waals surface area contributed by atoms with Crippen LogP contribution in [0, 0.1) is 11.8 Å². The SMILES string of the molecule is CN(C/C=C(/C#Cc1cc(C(F)(F)F)cc(C(F)(F)F)c1)c1ccccc1)CC(=O)O. The van der Waals surface area contributed by atoms with Gasteiger partial charge in [0.2, 0.25) is 0 Å². The van der Waals surface area contributed by atoms with Crippen LogP contribution < -0.4 is 0 Å². The second-order valence-electron chi connectivity index (χ2n) is 6.62. The average Bonchev–Trinajstić information content (AvgIpc) is 2.66. The van der Waals surface area contributed by atoms with Crippen molar-refractivity contribution in [1.82, 2.24) is 4.90 Å². The maximum absolute atomic E-state index is 13.0. The second kappa shape index (κ2) is 9.71. The first-order chi connectivity index (χ1) is 14.4. The normalized spacial score (nSPS) is 12.5. The molecule has 0 aliphatic carbocycles. The molecule has 0 spiro atoms. The van der Waals surface area contributed by atoms with Gasteiger partial charge in [0.25, 0.3) is 0 Å². The summed E-state index contributed by atoms with van der Waals surface area (Å²) >= 11 is 0.